The van der Waals surface area contributed by atoms with Crippen LogP contribution in [0.3, 0.4) is 0 Å². The zero-order valence-corrected chi connectivity index (χ0v) is 14.9. The maximum atomic E-state index is 12.4. The molecule has 0 atom stereocenters. The first-order chi connectivity index (χ1) is 12.2. The average Bonchev–Trinajstić information content (AvgIpc) is 2.85. The number of amides is 1. The smallest absolute Gasteiger partial charge is 0.250 e. The van der Waals surface area contributed by atoms with Crippen molar-refractivity contribution in [2.45, 2.75) is 19.4 Å². The molecule has 1 aromatic heterocycles. The second-order valence-electron chi connectivity index (χ2n) is 6.56. The summed E-state index contributed by atoms with van der Waals surface area (Å²) < 4.78 is 12.2. The first-order valence-electron chi connectivity index (χ1n) is 8.97. The molecule has 0 aliphatic carbocycles. The average molecular weight is 349 g/mol. The van der Waals surface area contributed by atoms with Gasteiger partial charge in [0, 0.05) is 64.6 Å². The SMILES string of the molecule is COCC(=O)N1CCc2ccc(=O)n(CCN3CCOCC3)c2CC1. The van der Waals surface area contributed by atoms with Crippen LogP contribution in [0.5, 0.6) is 0 Å². The zero-order valence-electron chi connectivity index (χ0n) is 14.9. The molecule has 7 heteroatoms. The van der Waals surface area contributed by atoms with Crippen molar-refractivity contribution in [1.82, 2.24) is 14.4 Å². The molecule has 3 heterocycles. The Morgan fingerprint density at radius 3 is 2.64 bits per heavy atom. The Labute approximate surface area is 148 Å². The van der Waals surface area contributed by atoms with Crippen molar-refractivity contribution >= 4 is 5.91 Å². The second-order valence-corrected chi connectivity index (χ2v) is 6.56. The van der Waals surface area contributed by atoms with Gasteiger partial charge in [-0.25, -0.2) is 0 Å². The lowest BCUT2D eigenvalue weighted by atomic mass is 10.1. The molecular formula is C18H27N3O4. The van der Waals surface area contributed by atoms with Gasteiger partial charge in [-0.2, -0.15) is 0 Å². The van der Waals surface area contributed by atoms with E-state index in [1.165, 1.54) is 12.7 Å². The summed E-state index contributed by atoms with van der Waals surface area (Å²) in [5, 5.41) is 0. The highest BCUT2D eigenvalue weighted by molar-refractivity contribution is 5.77. The molecule has 1 amide bonds. The van der Waals surface area contributed by atoms with Gasteiger partial charge >= 0.3 is 0 Å². The first-order valence-corrected chi connectivity index (χ1v) is 8.97. The van der Waals surface area contributed by atoms with Crippen LogP contribution in [0.25, 0.3) is 0 Å². The minimum atomic E-state index is 0.0116. The lowest BCUT2D eigenvalue weighted by Crippen LogP contribution is -2.40. The van der Waals surface area contributed by atoms with E-state index < -0.39 is 0 Å². The molecule has 0 bridgehead atoms. The van der Waals surface area contributed by atoms with Crippen LogP contribution in [0.1, 0.15) is 11.3 Å². The largest absolute Gasteiger partial charge is 0.379 e. The number of fused-ring (bicyclic) bond motifs is 1. The van der Waals surface area contributed by atoms with Crippen LogP contribution in [0.2, 0.25) is 0 Å². The molecule has 1 saturated heterocycles. The molecule has 1 fully saturated rings. The van der Waals surface area contributed by atoms with E-state index in [0.29, 0.717) is 26.1 Å². The normalized spacial score (nSPS) is 18.7. The summed E-state index contributed by atoms with van der Waals surface area (Å²) in [6.45, 7) is 6.33. The third-order valence-corrected chi connectivity index (χ3v) is 5.02. The van der Waals surface area contributed by atoms with E-state index in [1.54, 1.807) is 6.07 Å². The molecule has 0 saturated carbocycles. The highest BCUT2D eigenvalue weighted by Gasteiger charge is 2.21. The molecule has 138 valence electrons. The first kappa shape index (κ1) is 18.1. The molecule has 25 heavy (non-hydrogen) atoms. The number of pyridine rings is 1. The Bertz CT molecular complexity index is 652. The lowest BCUT2D eigenvalue weighted by Gasteiger charge is -2.27. The van der Waals surface area contributed by atoms with Crippen LogP contribution in [-0.4, -0.2) is 79.9 Å². The topological polar surface area (TPSA) is 64.0 Å². The number of methoxy groups -OCH3 is 1. The van der Waals surface area contributed by atoms with E-state index in [9.17, 15) is 9.59 Å². The van der Waals surface area contributed by atoms with Crippen molar-refractivity contribution < 1.29 is 14.3 Å². The monoisotopic (exact) mass is 349 g/mol. The van der Waals surface area contributed by atoms with Gasteiger partial charge in [0.05, 0.1) is 13.2 Å². The molecule has 0 N–H and O–H groups in total. The number of ether oxygens (including phenoxy) is 2. The quantitative estimate of drug-likeness (QED) is 0.734. The minimum absolute atomic E-state index is 0.0116. The van der Waals surface area contributed by atoms with Crippen LogP contribution in [0, 0.1) is 0 Å². The van der Waals surface area contributed by atoms with Crippen LogP contribution in [-0.2, 0) is 33.7 Å². The molecule has 0 aromatic carbocycles. The van der Waals surface area contributed by atoms with Crippen molar-refractivity contribution in [3.63, 3.8) is 0 Å². The van der Waals surface area contributed by atoms with E-state index in [-0.39, 0.29) is 18.1 Å². The number of rotatable bonds is 5. The van der Waals surface area contributed by atoms with Crippen molar-refractivity contribution in [1.29, 1.82) is 0 Å². The number of hydrogen-bond donors (Lipinski definition) is 0. The molecule has 7 nitrogen and oxygen atoms in total. The number of hydrogen-bond acceptors (Lipinski definition) is 5. The third-order valence-electron chi connectivity index (χ3n) is 5.02. The van der Waals surface area contributed by atoms with Crippen molar-refractivity contribution in [3.05, 3.63) is 33.7 Å². The van der Waals surface area contributed by atoms with Gasteiger partial charge in [-0.3, -0.25) is 14.5 Å². The fourth-order valence-corrected chi connectivity index (χ4v) is 3.57. The van der Waals surface area contributed by atoms with Gasteiger partial charge < -0.3 is 18.9 Å². The number of morpholine rings is 1. The summed E-state index contributed by atoms with van der Waals surface area (Å²) in [6, 6.07) is 3.58. The van der Waals surface area contributed by atoms with E-state index in [1.807, 2.05) is 15.5 Å². The maximum absolute atomic E-state index is 12.4. The predicted octanol–water partition coefficient (Wildman–Crippen LogP) is -0.246. The molecule has 1 aromatic rings. The number of carbonyl (C=O) groups is 1. The zero-order chi connectivity index (χ0) is 17.6. The number of nitrogens with zero attached hydrogens (tertiary/aromatic N) is 3. The third kappa shape index (κ3) is 4.48. The summed E-state index contributed by atoms with van der Waals surface area (Å²) in [4.78, 5) is 28.7. The van der Waals surface area contributed by atoms with Crippen LogP contribution in [0.15, 0.2) is 16.9 Å². The van der Waals surface area contributed by atoms with E-state index in [4.69, 9.17) is 9.47 Å². The van der Waals surface area contributed by atoms with Crippen LogP contribution in [0.4, 0.5) is 0 Å². The van der Waals surface area contributed by atoms with Crippen LogP contribution < -0.4 is 5.56 Å². The standard InChI is InChI=1S/C18H27N3O4/c1-24-14-18(23)20-6-4-15-2-3-17(22)21(16(15)5-7-20)9-8-19-10-12-25-13-11-19/h2-3H,4-14H2,1H3. The molecule has 0 radical (unpaired) electrons. The van der Waals surface area contributed by atoms with Gasteiger partial charge in [-0.05, 0) is 12.0 Å². The van der Waals surface area contributed by atoms with Crippen molar-refractivity contribution in [3.8, 4) is 0 Å². The molecular weight excluding hydrogens is 322 g/mol. The Morgan fingerprint density at radius 1 is 1.12 bits per heavy atom. The molecule has 0 spiro atoms. The molecule has 2 aliphatic rings. The highest BCUT2D eigenvalue weighted by atomic mass is 16.5. The second kappa shape index (κ2) is 8.60. The van der Waals surface area contributed by atoms with E-state index >= 15 is 0 Å². The summed E-state index contributed by atoms with van der Waals surface area (Å²) in [7, 11) is 1.54. The van der Waals surface area contributed by atoms with E-state index in [0.717, 1.165) is 45.0 Å². The molecule has 0 unspecified atom stereocenters. The Morgan fingerprint density at radius 2 is 1.88 bits per heavy atom. The maximum Gasteiger partial charge on any atom is 0.250 e. The van der Waals surface area contributed by atoms with Crippen LogP contribution >= 0.6 is 0 Å². The van der Waals surface area contributed by atoms with Gasteiger partial charge in [-0.1, -0.05) is 6.07 Å². The summed E-state index contributed by atoms with van der Waals surface area (Å²) in [5.41, 5.74) is 2.30. The summed E-state index contributed by atoms with van der Waals surface area (Å²) in [6.07, 6.45) is 1.49. The fraction of sp³-hybridized carbons (Fsp3) is 0.667. The minimum Gasteiger partial charge on any atom is -0.379 e. The number of aromatic nitrogens is 1. The molecule has 2 aliphatic heterocycles. The highest BCUT2D eigenvalue weighted by Crippen LogP contribution is 2.15. The Kier molecular flexibility index (Phi) is 6.23. The van der Waals surface area contributed by atoms with Gasteiger partial charge in [0.1, 0.15) is 6.61 Å². The molecule has 3 rings (SSSR count). The van der Waals surface area contributed by atoms with E-state index in [2.05, 4.69) is 4.90 Å². The van der Waals surface area contributed by atoms with Gasteiger partial charge in [0.2, 0.25) is 5.91 Å². The van der Waals surface area contributed by atoms with Crippen molar-refractivity contribution in [2.75, 3.05) is 59.7 Å². The summed E-state index contributed by atoms with van der Waals surface area (Å²) >= 11 is 0. The van der Waals surface area contributed by atoms with Gasteiger partial charge in [0.15, 0.2) is 0 Å². The lowest BCUT2D eigenvalue weighted by molar-refractivity contribution is -0.135. The predicted molar refractivity (Wildman–Crippen MR) is 93.8 cm³/mol. The Hall–Kier alpha value is -1.70. The summed E-state index contributed by atoms with van der Waals surface area (Å²) in [5.74, 6) is 0.0116. The van der Waals surface area contributed by atoms with Crippen molar-refractivity contribution in [2.24, 2.45) is 0 Å². The van der Waals surface area contributed by atoms with Gasteiger partial charge in [-0.15, -0.1) is 0 Å². The number of carbonyl (C=O) groups excluding carboxylic acids is 1. The van der Waals surface area contributed by atoms with Gasteiger partial charge in [0.25, 0.3) is 5.56 Å². The Balaban J connectivity index is 1.71. The fourth-order valence-electron chi connectivity index (χ4n) is 3.57.